The standard InChI is InChI=1S/C44H28O/c1-3-12-29(13-4-1)30-22-24-32(25-23-30)42-35-16-7-9-18-37(35)43(38-19-10-8-17-36(38)42)33-26-27-41-40(28-33)39-21-11-20-34(44(39)45-41)31-14-5-2-6-15-31/h1-28H/i1D,2D,3D,4D,5D,6D,7D,8D,9D,10D,11D,12D,13D,14D,15D,16D,17D,18D,19D,20D,21D,22D,23D,24D,25D,26D,27D,28D. The Morgan fingerprint density at radius 2 is 0.800 bits per heavy atom. The van der Waals surface area contributed by atoms with E-state index in [-0.39, 0.29) is 0 Å². The van der Waals surface area contributed by atoms with Gasteiger partial charge in [0.15, 0.2) is 0 Å². The Bertz CT molecular complexity index is 3950. The molecule has 0 saturated carbocycles. The van der Waals surface area contributed by atoms with Crippen LogP contribution in [0.25, 0.3) is 88.0 Å². The molecule has 0 atom stereocenters. The van der Waals surface area contributed by atoms with Gasteiger partial charge in [-0.15, -0.1) is 0 Å². The van der Waals surface area contributed by atoms with E-state index in [9.17, 15) is 12.3 Å². The van der Waals surface area contributed by atoms with E-state index in [1.807, 2.05) is 0 Å². The molecule has 1 aromatic heterocycles. The maximum absolute atomic E-state index is 9.83. The van der Waals surface area contributed by atoms with Crippen molar-refractivity contribution in [1.82, 2.24) is 0 Å². The van der Waals surface area contributed by atoms with Crippen LogP contribution in [0.5, 0.6) is 0 Å². The van der Waals surface area contributed by atoms with Crippen LogP contribution in [-0.2, 0) is 0 Å². The quantitative estimate of drug-likeness (QED) is 0.183. The van der Waals surface area contributed by atoms with Crippen molar-refractivity contribution in [2.75, 3.05) is 0 Å². The average Bonchev–Trinajstić information content (AvgIpc) is 3.77. The number of fused-ring (bicyclic) bond motifs is 5. The van der Waals surface area contributed by atoms with Gasteiger partial charge < -0.3 is 4.42 Å². The Morgan fingerprint density at radius 1 is 0.333 bits per heavy atom. The summed E-state index contributed by atoms with van der Waals surface area (Å²) in [6.45, 7) is 0. The van der Waals surface area contributed by atoms with Crippen molar-refractivity contribution in [1.29, 1.82) is 0 Å². The van der Waals surface area contributed by atoms with E-state index in [4.69, 9.17) is 30.5 Å². The number of benzene rings is 8. The number of hydrogen-bond donors (Lipinski definition) is 0. The van der Waals surface area contributed by atoms with Crippen LogP contribution in [-0.4, -0.2) is 0 Å². The average molecular weight is 601 g/mol. The fourth-order valence-corrected chi connectivity index (χ4v) is 5.16. The lowest BCUT2D eigenvalue weighted by Gasteiger charge is -2.18. The van der Waals surface area contributed by atoms with Crippen LogP contribution >= 0.6 is 0 Å². The first-order valence-electron chi connectivity index (χ1n) is 27.2. The van der Waals surface area contributed by atoms with Crippen molar-refractivity contribution >= 4 is 43.5 Å². The number of hydrogen-bond acceptors (Lipinski definition) is 1. The Labute approximate surface area is 301 Å². The van der Waals surface area contributed by atoms with E-state index >= 15 is 0 Å². The van der Waals surface area contributed by atoms with E-state index in [2.05, 4.69) is 0 Å². The number of para-hydroxylation sites is 1. The molecule has 0 spiro atoms. The fraction of sp³-hybridized carbons (Fsp3) is 0. The van der Waals surface area contributed by atoms with Gasteiger partial charge in [-0.1, -0.05) is 157 Å². The summed E-state index contributed by atoms with van der Waals surface area (Å²) in [7, 11) is 0. The third-order valence-electron chi connectivity index (χ3n) is 7.06. The zero-order valence-corrected chi connectivity index (χ0v) is 22.4. The maximum atomic E-state index is 9.83. The molecule has 0 unspecified atom stereocenters. The van der Waals surface area contributed by atoms with Gasteiger partial charge in [0.05, 0.1) is 38.4 Å². The fourth-order valence-electron chi connectivity index (χ4n) is 5.16. The van der Waals surface area contributed by atoms with E-state index in [0.29, 0.717) is 0 Å². The molecule has 0 amide bonds. The third-order valence-corrected chi connectivity index (χ3v) is 7.06. The van der Waals surface area contributed by atoms with Gasteiger partial charge in [0.25, 0.3) is 0 Å². The first-order valence-corrected chi connectivity index (χ1v) is 13.2. The summed E-state index contributed by atoms with van der Waals surface area (Å²) >= 11 is 0. The van der Waals surface area contributed by atoms with Gasteiger partial charge in [-0.2, -0.15) is 0 Å². The zero-order chi connectivity index (χ0) is 54.1. The predicted molar refractivity (Wildman–Crippen MR) is 190 cm³/mol. The second-order valence-corrected chi connectivity index (χ2v) is 9.51. The summed E-state index contributed by atoms with van der Waals surface area (Å²) in [6.07, 6.45) is 0. The molecule has 8 aromatic carbocycles. The number of furan rings is 1. The number of rotatable bonds is 4. The highest BCUT2D eigenvalue weighted by Gasteiger charge is 2.18. The monoisotopic (exact) mass is 600 g/mol. The summed E-state index contributed by atoms with van der Waals surface area (Å²) in [5, 5.41) is -4.16. The largest absolute Gasteiger partial charge is 0.455 e. The molecule has 0 radical (unpaired) electrons. The molecule has 0 saturated heterocycles. The summed E-state index contributed by atoms with van der Waals surface area (Å²) in [5.74, 6) is 0. The lowest BCUT2D eigenvalue weighted by atomic mass is 9.85. The third kappa shape index (κ3) is 4.17. The minimum Gasteiger partial charge on any atom is -0.455 e. The van der Waals surface area contributed by atoms with Gasteiger partial charge in [0, 0.05) is 16.3 Å². The van der Waals surface area contributed by atoms with Crippen molar-refractivity contribution in [3.63, 3.8) is 0 Å². The summed E-state index contributed by atoms with van der Waals surface area (Å²) in [5.41, 5.74) is -7.29. The van der Waals surface area contributed by atoms with E-state index < -0.39 is 257 Å². The highest BCUT2D eigenvalue weighted by molar-refractivity contribution is 6.22. The topological polar surface area (TPSA) is 13.1 Å². The van der Waals surface area contributed by atoms with E-state index in [0.717, 1.165) is 0 Å². The highest BCUT2D eigenvalue weighted by Crippen LogP contribution is 2.45. The van der Waals surface area contributed by atoms with Crippen molar-refractivity contribution in [2.45, 2.75) is 0 Å². The van der Waals surface area contributed by atoms with Crippen LogP contribution in [0.15, 0.2) is 174 Å². The lowest BCUT2D eigenvalue weighted by Crippen LogP contribution is -1.91. The first kappa shape index (κ1) is 10.1. The lowest BCUT2D eigenvalue weighted by molar-refractivity contribution is 0.670. The van der Waals surface area contributed by atoms with E-state index in [1.165, 1.54) is 0 Å². The Kier molecular flexibility index (Phi) is 2.32. The van der Waals surface area contributed by atoms with Crippen molar-refractivity contribution in [3.05, 3.63) is 169 Å². The van der Waals surface area contributed by atoms with Crippen LogP contribution in [0, 0.1) is 0 Å². The van der Waals surface area contributed by atoms with Crippen LogP contribution in [0.1, 0.15) is 38.4 Å². The Morgan fingerprint density at radius 3 is 1.42 bits per heavy atom. The van der Waals surface area contributed by atoms with Crippen LogP contribution in [0.2, 0.25) is 0 Å². The molecule has 45 heavy (non-hydrogen) atoms. The van der Waals surface area contributed by atoms with E-state index in [1.54, 1.807) is 0 Å². The second-order valence-electron chi connectivity index (χ2n) is 9.51. The van der Waals surface area contributed by atoms with Gasteiger partial charge in [0.1, 0.15) is 11.2 Å². The second kappa shape index (κ2) is 10.4. The molecule has 0 aliphatic carbocycles. The molecular weight excluding hydrogens is 544 g/mol. The molecule has 9 rings (SSSR count). The molecule has 210 valence electrons. The molecular formula is C44H28O. The predicted octanol–water partition coefficient (Wildman–Crippen LogP) is 12.6. The molecule has 9 aromatic rings. The SMILES string of the molecule is [2H]c1c([2H])c([2H])c(-c2c([2H])c([2H])c(-c3c4c([2H])c([2H])c([2H])c([2H])c4c(-c4c([2H])c([2H])c5oc6c(-c7c([2H])c([2H])c([2H])c([2H])c7[2H])c([2H])c([2H])c([2H])c6c5c4[2H])c4c([2H])c([2H])c([2H])c([2H])c34)c([2H])c2[2H])c([2H])c1[2H]. The Balaban J connectivity index is 1.55. The summed E-state index contributed by atoms with van der Waals surface area (Å²) in [4.78, 5) is 0. The molecule has 0 N–H and O–H groups in total. The van der Waals surface area contributed by atoms with Crippen molar-refractivity contribution < 1.29 is 42.8 Å². The normalized spacial score (nSPS) is 20.3. The molecule has 0 fully saturated rings. The van der Waals surface area contributed by atoms with Gasteiger partial charge in [0.2, 0.25) is 0 Å². The Hall–Kier alpha value is -5.92. The molecule has 0 aliphatic rings. The van der Waals surface area contributed by atoms with Crippen LogP contribution < -0.4 is 0 Å². The minimum absolute atomic E-state index is 0.561. The van der Waals surface area contributed by atoms with Gasteiger partial charge >= 0.3 is 0 Å². The molecule has 1 nitrogen and oxygen atoms in total. The van der Waals surface area contributed by atoms with Crippen molar-refractivity contribution in [2.24, 2.45) is 0 Å². The molecule has 0 bridgehead atoms. The van der Waals surface area contributed by atoms with Gasteiger partial charge in [-0.25, -0.2) is 0 Å². The van der Waals surface area contributed by atoms with Crippen LogP contribution in [0.3, 0.4) is 0 Å². The van der Waals surface area contributed by atoms with Crippen LogP contribution in [0.4, 0.5) is 0 Å². The van der Waals surface area contributed by atoms with Crippen molar-refractivity contribution in [3.8, 4) is 44.5 Å². The minimum atomic E-state index is -1.07. The summed E-state index contributed by atoms with van der Waals surface area (Å²) < 4.78 is 255. The molecule has 1 heterocycles. The molecule has 1 heteroatoms. The molecule has 0 aliphatic heterocycles. The highest BCUT2D eigenvalue weighted by atomic mass is 16.3. The smallest absolute Gasteiger partial charge is 0.143 e. The zero-order valence-electron chi connectivity index (χ0n) is 50.4. The summed E-state index contributed by atoms with van der Waals surface area (Å²) in [6, 6.07) is -26.4. The first-order chi connectivity index (χ1) is 34.0. The van der Waals surface area contributed by atoms with Gasteiger partial charge in [-0.3, -0.25) is 0 Å². The maximum Gasteiger partial charge on any atom is 0.143 e. The van der Waals surface area contributed by atoms with Gasteiger partial charge in [-0.05, 0) is 72.6 Å².